The number of aromatic nitrogens is 2. The number of hydrogen-bond donors (Lipinski definition) is 3. The smallest absolute Gasteiger partial charge is 0.239 e. The van der Waals surface area contributed by atoms with Crippen molar-refractivity contribution in [2.45, 2.75) is 20.3 Å². The van der Waals surface area contributed by atoms with Crippen molar-refractivity contribution in [1.29, 1.82) is 0 Å². The number of hydrogen-bond acceptors (Lipinski definition) is 5. The average Bonchev–Trinajstić information content (AvgIpc) is 2.35. The molecule has 1 aromatic rings. The predicted molar refractivity (Wildman–Crippen MR) is 68.0 cm³/mol. The van der Waals surface area contributed by atoms with Gasteiger partial charge in [0.1, 0.15) is 5.82 Å². The maximum Gasteiger partial charge on any atom is 0.239 e. The molecule has 0 aliphatic heterocycles. The predicted octanol–water partition coefficient (Wildman–Crippen LogP) is 0.846. The van der Waals surface area contributed by atoms with Crippen molar-refractivity contribution in [3.63, 3.8) is 0 Å². The molecule has 6 heteroatoms. The molecule has 94 valence electrons. The Hall–Kier alpha value is -1.85. The molecular formula is C11H19N5O. The number of anilines is 2. The highest BCUT2D eigenvalue weighted by Crippen LogP contribution is 2.04. The Kier molecular flexibility index (Phi) is 5.77. The lowest BCUT2D eigenvalue weighted by Gasteiger charge is -2.07. The summed E-state index contributed by atoms with van der Waals surface area (Å²) in [5.41, 5.74) is 0. The van der Waals surface area contributed by atoms with Crippen LogP contribution >= 0.6 is 0 Å². The van der Waals surface area contributed by atoms with Gasteiger partial charge in [-0.3, -0.25) is 4.79 Å². The third-order valence-corrected chi connectivity index (χ3v) is 1.99. The lowest BCUT2D eigenvalue weighted by molar-refractivity contribution is -0.119. The van der Waals surface area contributed by atoms with Gasteiger partial charge in [-0.1, -0.05) is 6.92 Å². The van der Waals surface area contributed by atoms with Gasteiger partial charge in [0, 0.05) is 19.3 Å². The summed E-state index contributed by atoms with van der Waals surface area (Å²) in [6, 6.07) is 1.73. The van der Waals surface area contributed by atoms with Gasteiger partial charge in [0.25, 0.3) is 0 Å². The van der Waals surface area contributed by atoms with Gasteiger partial charge in [0.15, 0.2) is 0 Å². The van der Waals surface area contributed by atoms with Crippen molar-refractivity contribution in [2.75, 3.05) is 30.3 Å². The average molecular weight is 237 g/mol. The summed E-state index contributed by atoms with van der Waals surface area (Å²) >= 11 is 0. The van der Waals surface area contributed by atoms with Crippen molar-refractivity contribution >= 4 is 17.7 Å². The molecule has 0 bridgehead atoms. The number of rotatable bonds is 7. The molecule has 3 N–H and O–H groups in total. The third-order valence-electron chi connectivity index (χ3n) is 1.99. The Morgan fingerprint density at radius 2 is 2.18 bits per heavy atom. The second-order valence-electron chi connectivity index (χ2n) is 3.50. The molecular weight excluding hydrogens is 218 g/mol. The zero-order valence-electron chi connectivity index (χ0n) is 10.3. The fourth-order valence-corrected chi connectivity index (χ4v) is 1.20. The quantitative estimate of drug-likeness (QED) is 0.655. The van der Waals surface area contributed by atoms with Crippen molar-refractivity contribution < 1.29 is 4.79 Å². The third kappa shape index (κ3) is 5.14. The first kappa shape index (κ1) is 13.2. The van der Waals surface area contributed by atoms with Crippen LogP contribution in [0.4, 0.5) is 11.8 Å². The zero-order valence-corrected chi connectivity index (χ0v) is 10.3. The Bertz CT molecular complexity index is 355. The van der Waals surface area contributed by atoms with E-state index in [1.165, 1.54) is 0 Å². The minimum atomic E-state index is -0.0320. The van der Waals surface area contributed by atoms with Gasteiger partial charge >= 0.3 is 0 Å². The van der Waals surface area contributed by atoms with Crippen LogP contribution in [-0.4, -0.2) is 35.5 Å². The maximum atomic E-state index is 11.4. The molecule has 0 fully saturated rings. The van der Waals surface area contributed by atoms with Crippen LogP contribution in [0.5, 0.6) is 0 Å². The highest BCUT2D eigenvalue weighted by atomic mass is 16.1. The Morgan fingerprint density at radius 3 is 2.88 bits per heavy atom. The monoisotopic (exact) mass is 237 g/mol. The van der Waals surface area contributed by atoms with Crippen LogP contribution in [0.2, 0.25) is 0 Å². The topological polar surface area (TPSA) is 78.9 Å². The van der Waals surface area contributed by atoms with Crippen molar-refractivity contribution in [3.8, 4) is 0 Å². The molecule has 0 radical (unpaired) electrons. The van der Waals surface area contributed by atoms with Crippen LogP contribution in [0.1, 0.15) is 20.3 Å². The van der Waals surface area contributed by atoms with E-state index in [4.69, 9.17) is 0 Å². The minimum absolute atomic E-state index is 0.0320. The van der Waals surface area contributed by atoms with E-state index in [-0.39, 0.29) is 12.5 Å². The first-order chi connectivity index (χ1) is 8.26. The summed E-state index contributed by atoms with van der Waals surface area (Å²) < 4.78 is 0. The lowest BCUT2D eigenvalue weighted by Crippen LogP contribution is -2.30. The number of carbonyl (C=O) groups is 1. The van der Waals surface area contributed by atoms with E-state index in [1.807, 2.05) is 13.8 Å². The van der Waals surface area contributed by atoms with Crippen LogP contribution in [0.3, 0.4) is 0 Å². The summed E-state index contributed by atoms with van der Waals surface area (Å²) in [6.45, 7) is 5.68. The fourth-order valence-electron chi connectivity index (χ4n) is 1.20. The Labute approximate surface area is 101 Å². The molecule has 0 aliphatic rings. The second kappa shape index (κ2) is 7.43. The van der Waals surface area contributed by atoms with E-state index in [9.17, 15) is 4.79 Å². The Morgan fingerprint density at radius 1 is 1.35 bits per heavy atom. The molecule has 6 nitrogen and oxygen atoms in total. The molecule has 1 aromatic heterocycles. The largest absolute Gasteiger partial charge is 0.361 e. The first-order valence-electron chi connectivity index (χ1n) is 5.83. The summed E-state index contributed by atoms with van der Waals surface area (Å²) in [5.74, 6) is 1.17. The lowest BCUT2D eigenvalue weighted by atomic mass is 10.4. The molecule has 0 aliphatic carbocycles. The molecule has 0 saturated carbocycles. The van der Waals surface area contributed by atoms with Crippen LogP contribution in [0, 0.1) is 0 Å². The van der Waals surface area contributed by atoms with E-state index in [1.54, 1.807) is 12.3 Å². The van der Waals surface area contributed by atoms with E-state index in [2.05, 4.69) is 25.9 Å². The highest BCUT2D eigenvalue weighted by molar-refractivity contribution is 5.80. The van der Waals surface area contributed by atoms with Gasteiger partial charge in [0.2, 0.25) is 11.9 Å². The van der Waals surface area contributed by atoms with E-state index < -0.39 is 0 Å². The van der Waals surface area contributed by atoms with E-state index in [0.29, 0.717) is 18.3 Å². The van der Waals surface area contributed by atoms with Crippen molar-refractivity contribution in [2.24, 2.45) is 0 Å². The second-order valence-corrected chi connectivity index (χ2v) is 3.50. The van der Waals surface area contributed by atoms with Gasteiger partial charge in [-0.15, -0.1) is 0 Å². The summed E-state index contributed by atoms with van der Waals surface area (Å²) in [5, 5.41) is 8.74. The van der Waals surface area contributed by atoms with Gasteiger partial charge in [-0.25, -0.2) is 4.98 Å². The molecule has 0 unspecified atom stereocenters. The molecule has 0 aromatic carbocycles. The van der Waals surface area contributed by atoms with Crippen LogP contribution in [0.25, 0.3) is 0 Å². The summed E-state index contributed by atoms with van der Waals surface area (Å²) in [6.07, 6.45) is 2.58. The highest BCUT2D eigenvalue weighted by Gasteiger charge is 2.01. The van der Waals surface area contributed by atoms with Gasteiger partial charge in [-0.05, 0) is 19.4 Å². The minimum Gasteiger partial charge on any atom is -0.361 e. The van der Waals surface area contributed by atoms with E-state index in [0.717, 1.165) is 13.0 Å². The van der Waals surface area contributed by atoms with Crippen LogP contribution in [-0.2, 0) is 4.79 Å². The Balaban J connectivity index is 2.40. The number of nitrogens with zero attached hydrogens (tertiary/aromatic N) is 2. The van der Waals surface area contributed by atoms with Gasteiger partial charge in [0.05, 0.1) is 6.54 Å². The van der Waals surface area contributed by atoms with Crippen molar-refractivity contribution in [3.05, 3.63) is 12.3 Å². The van der Waals surface area contributed by atoms with Gasteiger partial charge in [-0.2, -0.15) is 4.98 Å². The molecule has 1 rings (SSSR count). The van der Waals surface area contributed by atoms with Crippen molar-refractivity contribution in [1.82, 2.24) is 15.3 Å². The number of amides is 1. The summed E-state index contributed by atoms with van der Waals surface area (Å²) in [7, 11) is 0. The summed E-state index contributed by atoms with van der Waals surface area (Å²) in [4.78, 5) is 19.6. The normalized spacial score (nSPS) is 9.76. The molecule has 1 heterocycles. The number of carbonyl (C=O) groups excluding carboxylic acids is 1. The van der Waals surface area contributed by atoms with Crippen LogP contribution in [0.15, 0.2) is 12.3 Å². The molecule has 17 heavy (non-hydrogen) atoms. The molecule has 0 saturated heterocycles. The maximum absolute atomic E-state index is 11.4. The first-order valence-corrected chi connectivity index (χ1v) is 5.83. The SMILES string of the molecule is CCCNC(=O)CNc1ccnc(NCC)n1. The molecule has 0 atom stereocenters. The molecule has 0 spiro atoms. The van der Waals surface area contributed by atoms with E-state index >= 15 is 0 Å². The van der Waals surface area contributed by atoms with Gasteiger partial charge < -0.3 is 16.0 Å². The fraction of sp³-hybridized carbons (Fsp3) is 0.545. The zero-order chi connectivity index (χ0) is 12.5. The standard InChI is InChI=1S/C11H19N5O/c1-3-6-13-10(17)8-15-9-5-7-14-11(16-9)12-4-2/h5,7H,3-4,6,8H2,1-2H3,(H,13,17)(H2,12,14,15,16). The molecule has 1 amide bonds. The van der Waals surface area contributed by atoms with Crippen LogP contribution < -0.4 is 16.0 Å². The number of nitrogens with one attached hydrogen (secondary N) is 3.